The minimum atomic E-state index is -3.44. The number of benzene rings is 22. The summed E-state index contributed by atoms with van der Waals surface area (Å²) in [5.74, 6) is -0.272. The Morgan fingerprint density at radius 1 is 0.175 bits per heavy atom. The molecule has 0 saturated heterocycles. The van der Waals surface area contributed by atoms with Crippen LogP contribution >= 0.6 is 0 Å². The Morgan fingerprint density at radius 3 is 0.650 bits per heavy atom. The Balaban J connectivity index is 0.000000150. The van der Waals surface area contributed by atoms with Crippen LogP contribution in [0.2, 0.25) is 0 Å². The van der Waals surface area contributed by atoms with Crippen molar-refractivity contribution >= 4 is 183 Å². The summed E-state index contributed by atoms with van der Waals surface area (Å²) in [5, 5.41) is 19.1. The van der Waals surface area contributed by atoms with Gasteiger partial charge >= 0.3 is 544 Å². The Morgan fingerprint density at radius 2 is 0.378 bits per heavy atom. The first kappa shape index (κ1) is 86.7. The van der Waals surface area contributed by atoms with Gasteiger partial charge in [0.2, 0.25) is 0 Å². The molecule has 10 heteroatoms. The van der Waals surface area contributed by atoms with Crippen LogP contribution in [0.5, 0.6) is 0 Å². The number of halogens is 1. The van der Waals surface area contributed by atoms with E-state index in [1.807, 2.05) is 24.3 Å². The summed E-state index contributed by atoms with van der Waals surface area (Å²) in [5.41, 5.74) is 24.6. The van der Waals surface area contributed by atoms with E-state index < -0.39 is 26.5 Å². The Kier molecular flexibility index (Phi) is 22.5. The molecule has 0 aliphatic carbocycles. The Bertz CT molecular complexity index is 9030. The number of hydrogen-bond acceptors (Lipinski definition) is 3. The van der Waals surface area contributed by atoms with Gasteiger partial charge in [0, 0.05) is 32.9 Å². The molecule has 0 bridgehead atoms. The first-order valence-corrected chi connectivity index (χ1v) is 57.1. The minimum Gasteiger partial charge on any atom is -0.0423 e. The molecule has 0 N–H and O–H groups in total. The molecule has 0 atom stereocenters. The summed E-state index contributed by atoms with van der Waals surface area (Å²) in [6.45, 7) is 0. The summed E-state index contributed by atoms with van der Waals surface area (Å²) in [6.07, 6.45) is 0. The molecule has 0 spiro atoms. The second-order valence-electron chi connectivity index (χ2n) is 36.6. The second-order valence-corrected chi connectivity index (χ2v) is 52.6. The summed E-state index contributed by atoms with van der Waals surface area (Å²) < 4.78 is 35.4. The van der Waals surface area contributed by atoms with Gasteiger partial charge in [-0.3, -0.25) is 0 Å². The van der Waals surface area contributed by atoms with E-state index in [1.54, 1.807) is 12.1 Å². The number of anilines is 6. The van der Waals surface area contributed by atoms with Crippen molar-refractivity contribution in [1.29, 1.82) is 5.26 Å². The quantitative estimate of drug-likeness (QED) is 0.0715. The molecule has 7 nitrogen and oxygen atoms in total. The smallest absolute Gasteiger partial charge is 0.0367 e. The molecule has 0 radical (unpaired) electrons. The maximum absolute atomic E-state index is 14.7. The molecular weight excluding hydrogens is 1860 g/mol. The fourth-order valence-electron chi connectivity index (χ4n) is 22.4. The van der Waals surface area contributed by atoms with E-state index in [2.05, 4.69) is 556 Å². The van der Waals surface area contributed by atoms with Gasteiger partial charge in [0.05, 0.1) is 33.7 Å². The van der Waals surface area contributed by atoms with Crippen molar-refractivity contribution in [3.05, 3.63) is 569 Å². The fraction of sp³-hybridized carbons (Fsp3) is 0. The SMILES string of the molecule is Fc1ccc(N(c2ccc3c(c2)c2ccccc2n3-c2ccccc2)c2ccc3c(c2)c2cc(-c4cc[c]([Ge]([c]5ccccc5)([c]5ccccc5)[c]5ccccc5)cc4)ccc2n3-c2ccccc2)cc1.N#Cc1ccc(N(c2ccc3c(c2)c2ccccc2n3-c2ccccc2)c2ccc3c(c2)c2cc(-c4cc[c]([Ge]([c]5ccccc5)([c]5ccccc5)[c]5ccccc5)cc4)ccc2n3-c2ccccc2)cc1. The zero-order valence-corrected chi connectivity index (χ0v) is 82.3. The molecule has 26 rings (SSSR count). The number of hydrogen-bond donors (Lipinski definition) is 0. The van der Waals surface area contributed by atoms with Crippen LogP contribution in [0.4, 0.5) is 38.5 Å². The number of rotatable bonds is 20. The number of aromatic nitrogens is 4. The molecule has 26 aromatic rings. The van der Waals surface area contributed by atoms with Crippen LogP contribution in [-0.4, -0.2) is 44.8 Å². The second kappa shape index (κ2) is 37.1. The van der Waals surface area contributed by atoms with Crippen LogP contribution < -0.4 is 45.0 Å². The summed E-state index contributed by atoms with van der Waals surface area (Å²) >= 11 is -6.88. The summed E-state index contributed by atoms with van der Waals surface area (Å²) in [6, 6.07) is 204. The van der Waals surface area contributed by atoms with Gasteiger partial charge in [-0.2, -0.15) is 5.26 Å². The number of para-hydroxylation sites is 6. The largest absolute Gasteiger partial charge is 0.0423 e. The van der Waals surface area contributed by atoms with Crippen LogP contribution in [0.15, 0.2) is 558 Å². The molecule has 0 amide bonds. The number of fused-ring (bicyclic) bond motifs is 12. The van der Waals surface area contributed by atoms with Gasteiger partial charge in [-0.15, -0.1) is 0 Å². The third kappa shape index (κ3) is 15.3. The summed E-state index contributed by atoms with van der Waals surface area (Å²) in [7, 11) is 0. The predicted octanol–water partition coefficient (Wildman–Crippen LogP) is 28.8. The van der Waals surface area contributed by atoms with E-state index in [0.29, 0.717) is 5.56 Å². The van der Waals surface area contributed by atoms with Gasteiger partial charge < -0.3 is 9.13 Å². The molecule has 143 heavy (non-hydrogen) atoms. The van der Waals surface area contributed by atoms with E-state index in [4.69, 9.17) is 0 Å². The van der Waals surface area contributed by atoms with Gasteiger partial charge in [0.15, 0.2) is 0 Å². The van der Waals surface area contributed by atoms with Gasteiger partial charge in [0.25, 0.3) is 0 Å². The first-order chi connectivity index (χ1) is 70.8. The Hall–Kier alpha value is -17.9. The molecule has 674 valence electrons. The van der Waals surface area contributed by atoms with Crippen LogP contribution in [-0.2, 0) is 0 Å². The number of nitriles is 1. The van der Waals surface area contributed by atoms with Crippen molar-refractivity contribution in [3.8, 4) is 51.1 Å². The normalized spacial score (nSPS) is 11.7. The van der Waals surface area contributed by atoms with E-state index in [9.17, 15) is 9.65 Å². The molecule has 0 fully saturated rings. The van der Waals surface area contributed by atoms with Crippen LogP contribution in [0, 0.1) is 17.1 Å². The zero-order valence-electron chi connectivity index (χ0n) is 78.1. The van der Waals surface area contributed by atoms with E-state index in [0.717, 1.165) is 139 Å². The molecule has 0 aliphatic rings. The molecule has 4 heterocycles. The topological polar surface area (TPSA) is 50.0 Å². The average Bonchev–Trinajstić information content (AvgIpc) is 1.20. The van der Waals surface area contributed by atoms with Gasteiger partial charge in [0.1, 0.15) is 5.82 Å². The standard InChI is InChI=1S/C67H46GeN4.C66H46FGeN3/c69-47-48-30-37-57(38-31-48)70(58-39-42-66-62(45-58)60-28-16-17-29-64(60)71(66)55-24-12-4-13-25-55)59-40-43-67-63(46-59)61-44-50(34-41-65(61)72(67)56-26-14-5-15-27-56)49-32-35-54(36-33-49)68(51-18-6-1-7-19-51,52-20-8-2-9-21-52)53-22-10-3-11-23-53;67-49-33-37-56(38-34-49)69(57-39-42-65-61(45-57)59-28-16-17-29-63(59)70(65)54-24-12-4-13-25-54)58-40-43-66-62(46-58)60-44-48(32-41-64(60)71(66)55-26-14-5-15-27-55)47-30-35-53(36-31-47)68(50-18-6-1-7-19-50,51-20-8-2-9-21-51)52-22-10-3-11-23-52/h1-46H;1-46H. The van der Waals surface area contributed by atoms with Crippen molar-refractivity contribution in [2.75, 3.05) is 9.80 Å². The Labute approximate surface area is 834 Å². The third-order valence-corrected chi connectivity index (χ3v) is 48.9. The molecule has 0 saturated carbocycles. The summed E-state index contributed by atoms with van der Waals surface area (Å²) in [4.78, 5) is 4.58. The molecular formula is C133H92FGe2N7. The van der Waals surface area contributed by atoms with Gasteiger partial charge in [-0.1, -0.05) is 84.9 Å². The first-order valence-electron chi connectivity index (χ1n) is 48.7. The van der Waals surface area contributed by atoms with Crippen molar-refractivity contribution in [3.63, 3.8) is 0 Å². The third-order valence-electron chi connectivity index (χ3n) is 28.8. The van der Waals surface area contributed by atoms with Crippen molar-refractivity contribution in [1.82, 2.24) is 18.3 Å². The van der Waals surface area contributed by atoms with E-state index in [1.165, 1.54) is 62.3 Å². The maximum Gasteiger partial charge on any atom is -0.0367 e. The zero-order chi connectivity index (χ0) is 95.3. The van der Waals surface area contributed by atoms with Crippen molar-refractivity contribution in [2.45, 2.75) is 0 Å². The fourth-order valence-corrected chi connectivity index (χ4v) is 42.3. The van der Waals surface area contributed by atoms with Crippen molar-refractivity contribution in [2.24, 2.45) is 0 Å². The monoisotopic (exact) mass is 1950 g/mol. The van der Waals surface area contributed by atoms with Gasteiger partial charge in [-0.05, 0) is 121 Å². The van der Waals surface area contributed by atoms with Crippen LogP contribution in [0.1, 0.15) is 5.56 Å². The van der Waals surface area contributed by atoms with Crippen LogP contribution in [0.3, 0.4) is 0 Å². The maximum atomic E-state index is 14.7. The predicted molar refractivity (Wildman–Crippen MR) is 602 cm³/mol. The van der Waals surface area contributed by atoms with Gasteiger partial charge in [-0.25, -0.2) is 4.39 Å². The molecule has 22 aromatic carbocycles. The molecule has 4 aromatic heterocycles. The molecule has 0 aliphatic heterocycles. The average molecular weight is 1950 g/mol. The minimum absolute atomic E-state index is 0.272. The van der Waals surface area contributed by atoms with Crippen LogP contribution in [0.25, 0.3) is 132 Å². The van der Waals surface area contributed by atoms with E-state index >= 15 is 0 Å². The van der Waals surface area contributed by atoms with Crippen molar-refractivity contribution < 1.29 is 4.39 Å². The number of nitrogens with zero attached hydrogens (tertiary/aromatic N) is 7. The molecule has 0 unspecified atom stereocenters. The van der Waals surface area contributed by atoms with E-state index in [-0.39, 0.29) is 5.82 Å².